The predicted molar refractivity (Wildman–Crippen MR) is 80.3 cm³/mol. The van der Waals surface area contributed by atoms with Crippen molar-refractivity contribution >= 4 is 15.8 Å². The van der Waals surface area contributed by atoms with Crippen molar-refractivity contribution in [3.05, 3.63) is 42.1 Å². The van der Waals surface area contributed by atoms with E-state index >= 15 is 0 Å². The van der Waals surface area contributed by atoms with E-state index in [9.17, 15) is 8.42 Å². The zero-order valence-electron chi connectivity index (χ0n) is 11.8. The van der Waals surface area contributed by atoms with Crippen molar-refractivity contribution in [2.45, 2.75) is 30.3 Å². The van der Waals surface area contributed by atoms with Gasteiger partial charge in [0.1, 0.15) is 0 Å². The molecule has 1 aromatic heterocycles. The third-order valence-electron chi connectivity index (χ3n) is 3.33. The summed E-state index contributed by atoms with van der Waals surface area (Å²) in [6.45, 7) is 0.692. The zero-order chi connectivity index (χ0) is 14.9. The molecule has 1 heterocycles. The lowest BCUT2D eigenvalue weighted by Gasteiger charge is -2.08. The fourth-order valence-corrected chi connectivity index (χ4v) is 3.10. The maximum atomic E-state index is 12.3. The monoisotopic (exact) mass is 306 g/mol. The van der Waals surface area contributed by atoms with Gasteiger partial charge in [-0.2, -0.15) is 5.10 Å². The highest BCUT2D eigenvalue weighted by atomic mass is 32.2. The summed E-state index contributed by atoms with van der Waals surface area (Å²) < 4.78 is 28.7. The summed E-state index contributed by atoms with van der Waals surface area (Å²) in [5.74, 6) is 0.319. The molecule has 0 saturated heterocycles. The first kappa shape index (κ1) is 14.1. The smallest absolute Gasteiger partial charge is 0.263 e. The number of hydrogen-bond acceptors (Lipinski definition) is 4. The average molecular weight is 306 g/mol. The second kappa shape index (κ2) is 5.50. The second-order valence-corrected chi connectivity index (χ2v) is 6.97. The van der Waals surface area contributed by atoms with E-state index in [-0.39, 0.29) is 4.90 Å². The molecule has 1 aliphatic carbocycles. The third kappa shape index (κ3) is 3.62. The predicted octanol–water partition coefficient (Wildman–Crippen LogP) is 1.47. The summed E-state index contributed by atoms with van der Waals surface area (Å²) in [7, 11) is -1.86. The molecule has 3 rings (SSSR count). The van der Waals surface area contributed by atoms with E-state index < -0.39 is 10.0 Å². The molecule has 6 nitrogen and oxygen atoms in total. The van der Waals surface area contributed by atoms with E-state index in [1.165, 1.54) is 12.8 Å². The van der Waals surface area contributed by atoms with E-state index in [1.807, 2.05) is 6.07 Å². The lowest BCUT2D eigenvalue weighted by atomic mass is 10.2. The van der Waals surface area contributed by atoms with E-state index in [2.05, 4.69) is 15.1 Å². The van der Waals surface area contributed by atoms with Crippen LogP contribution in [0.15, 0.2) is 41.4 Å². The lowest BCUT2D eigenvalue weighted by Crippen LogP contribution is -2.17. The summed E-state index contributed by atoms with van der Waals surface area (Å²) in [6, 6.07) is 9.19. The number of nitrogens with zero attached hydrogens (tertiary/aromatic N) is 2. The minimum atomic E-state index is -3.60. The summed E-state index contributed by atoms with van der Waals surface area (Å²) in [6.07, 6.45) is 4.10. The van der Waals surface area contributed by atoms with Crippen LogP contribution in [0, 0.1) is 0 Å². The molecule has 0 bridgehead atoms. The largest absolute Gasteiger partial charge is 0.310 e. The number of hydrogen-bond donors (Lipinski definition) is 2. The van der Waals surface area contributed by atoms with E-state index in [0.29, 0.717) is 18.4 Å². The van der Waals surface area contributed by atoms with Gasteiger partial charge in [-0.15, -0.1) is 0 Å². The molecule has 7 heteroatoms. The fourth-order valence-electron chi connectivity index (χ4n) is 2.04. The molecule has 1 saturated carbocycles. The molecule has 0 radical (unpaired) electrons. The van der Waals surface area contributed by atoms with Gasteiger partial charge in [0, 0.05) is 31.9 Å². The van der Waals surface area contributed by atoms with Crippen molar-refractivity contribution in [2.75, 3.05) is 4.72 Å². The SMILES string of the molecule is Cn1ccc(NS(=O)(=O)c2cccc(CNC3CC3)c2)n1. The average Bonchev–Trinajstić information content (AvgIpc) is 3.20. The van der Waals surface area contributed by atoms with Crippen molar-refractivity contribution < 1.29 is 8.42 Å². The lowest BCUT2D eigenvalue weighted by molar-refractivity contribution is 0.600. The Bertz CT molecular complexity index is 735. The zero-order valence-corrected chi connectivity index (χ0v) is 12.6. The molecule has 2 aromatic rings. The van der Waals surface area contributed by atoms with Gasteiger partial charge in [0.25, 0.3) is 10.0 Å². The molecule has 1 aliphatic rings. The normalized spacial score (nSPS) is 15.1. The van der Waals surface area contributed by atoms with Crippen LogP contribution < -0.4 is 10.0 Å². The Hall–Kier alpha value is -1.86. The minimum absolute atomic E-state index is 0.253. The van der Waals surface area contributed by atoms with Crippen LogP contribution in [0.5, 0.6) is 0 Å². The summed E-state index contributed by atoms with van der Waals surface area (Å²) in [4.78, 5) is 0.253. The maximum Gasteiger partial charge on any atom is 0.263 e. The van der Waals surface area contributed by atoms with Crippen molar-refractivity contribution in [3.8, 4) is 0 Å². The Morgan fingerprint density at radius 2 is 2.14 bits per heavy atom. The Morgan fingerprint density at radius 1 is 1.33 bits per heavy atom. The molecule has 2 N–H and O–H groups in total. The number of benzene rings is 1. The van der Waals surface area contributed by atoms with E-state index in [1.54, 1.807) is 42.2 Å². The van der Waals surface area contributed by atoms with Crippen molar-refractivity contribution in [1.82, 2.24) is 15.1 Å². The van der Waals surface area contributed by atoms with Crippen LogP contribution in [0.4, 0.5) is 5.82 Å². The number of rotatable bonds is 6. The quantitative estimate of drug-likeness (QED) is 0.847. The third-order valence-corrected chi connectivity index (χ3v) is 4.69. The molecule has 0 unspecified atom stereocenters. The van der Waals surface area contributed by atoms with Gasteiger partial charge in [0.2, 0.25) is 0 Å². The van der Waals surface area contributed by atoms with Gasteiger partial charge in [-0.1, -0.05) is 12.1 Å². The van der Waals surface area contributed by atoms with Crippen LogP contribution in [0.1, 0.15) is 18.4 Å². The number of anilines is 1. The van der Waals surface area contributed by atoms with E-state index in [4.69, 9.17) is 0 Å². The Balaban J connectivity index is 1.75. The van der Waals surface area contributed by atoms with Crippen LogP contribution in [0.3, 0.4) is 0 Å². The topological polar surface area (TPSA) is 76.0 Å². The Morgan fingerprint density at radius 3 is 2.81 bits per heavy atom. The van der Waals surface area contributed by atoms with Crippen molar-refractivity contribution in [3.63, 3.8) is 0 Å². The van der Waals surface area contributed by atoms with Gasteiger partial charge in [-0.05, 0) is 30.5 Å². The van der Waals surface area contributed by atoms with Crippen LogP contribution in [0.2, 0.25) is 0 Å². The number of nitrogens with one attached hydrogen (secondary N) is 2. The van der Waals surface area contributed by atoms with Crippen LogP contribution in [0.25, 0.3) is 0 Å². The van der Waals surface area contributed by atoms with Crippen molar-refractivity contribution in [2.24, 2.45) is 7.05 Å². The molecular formula is C14H18N4O2S. The van der Waals surface area contributed by atoms with Gasteiger partial charge in [0.05, 0.1) is 4.90 Å². The van der Waals surface area contributed by atoms with Crippen LogP contribution in [-0.2, 0) is 23.6 Å². The van der Waals surface area contributed by atoms with E-state index in [0.717, 1.165) is 5.56 Å². The molecule has 1 fully saturated rings. The van der Waals surface area contributed by atoms with Gasteiger partial charge >= 0.3 is 0 Å². The van der Waals surface area contributed by atoms with Gasteiger partial charge in [-0.25, -0.2) is 8.42 Å². The van der Waals surface area contributed by atoms with Crippen LogP contribution in [-0.4, -0.2) is 24.2 Å². The van der Waals surface area contributed by atoms with Crippen molar-refractivity contribution in [1.29, 1.82) is 0 Å². The molecule has 21 heavy (non-hydrogen) atoms. The maximum absolute atomic E-state index is 12.3. The minimum Gasteiger partial charge on any atom is -0.310 e. The summed E-state index contributed by atoms with van der Waals surface area (Å²) in [5.41, 5.74) is 0.964. The number of aryl methyl sites for hydroxylation is 1. The highest BCUT2D eigenvalue weighted by Gasteiger charge is 2.20. The Labute approximate surface area is 124 Å². The fraction of sp³-hybridized carbons (Fsp3) is 0.357. The first-order chi connectivity index (χ1) is 10.0. The molecule has 112 valence electrons. The standard InChI is InChI=1S/C14H18N4O2S/c1-18-8-7-14(16-18)17-21(19,20)13-4-2-3-11(9-13)10-15-12-5-6-12/h2-4,7-9,12,15H,5-6,10H2,1H3,(H,16,17). The first-order valence-corrected chi connectivity index (χ1v) is 8.36. The highest BCUT2D eigenvalue weighted by molar-refractivity contribution is 7.92. The highest BCUT2D eigenvalue weighted by Crippen LogP contribution is 2.20. The molecule has 0 atom stereocenters. The Kier molecular flexibility index (Phi) is 3.69. The second-order valence-electron chi connectivity index (χ2n) is 5.28. The molecule has 0 spiro atoms. The number of aromatic nitrogens is 2. The van der Waals surface area contributed by atoms with Gasteiger partial charge in [0.15, 0.2) is 5.82 Å². The number of sulfonamides is 1. The summed E-state index contributed by atoms with van der Waals surface area (Å²) in [5, 5.41) is 7.40. The van der Waals surface area contributed by atoms with Gasteiger partial charge in [-0.3, -0.25) is 9.40 Å². The van der Waals surface area contributed by atoms with Crippen LogP contribution >= 0.6 is 0 Å². The molecular weight excluding hydrogens is 288 g/mol. The molecule has 1 aromatic carbocycles. The molecule has 0 aliphatic heterocycles. The van der Waals surface area contributed by atoms with Gasteiger partial charge < -0.3 is 5.32 Å². The summed E-state index contributed by atoms with van der Waals surface area (Å²) >= 11 is 0. The first-order valence-electron chi connectivity index (χ1n) is 6.88. The molecule has 0 amide bonds.